The van der Waals surface area contributed by atoms with Gasteiger partial charge in [-0.3, -0.25) is 4.98 Å². The Bertz CT molecular complexity index is 2360. The fourth-order valence-electron chi connectivity index (χ4n) is 4.83. The lowest BCUT2D eigenvalue weighted by Crippen LogP contribution is -1.94. The molecule has 0 aliphatic rings. The number of nitrogens with two attached hydrogens (primary N) is 1. The van der Waals surface area contributed by atoms with Crippen LogP contribution in [0.4, 0.5) is 11.6 Å². The first-order chi connectivity index (χ1) is 25.9. The summed E-state index contributed by atoms with van der Waals surface area (Å²) in [6.45, 7) is 0. The van der Waals surface area contributed by atoms with Crippen molar-refractivity contribution < 1.29 is 0 Å². The average Bonchev–Trinajstić information content (AvgIpc) is 3.22. The van der Waals surface area contributed by atoms with Gasteiger partial charge in [-0.05, 0) is 79.1 Å². The second-order valence-electron chi connectivity index (χ2n) is 10.5. The smallest absolute Gasteiger partial charge is 0.133 e. The third kappa shape index (κ3) is 11.9. The van der Waals surface area contributed by atoms with Gasteiger partial charge >= 0.3 is 0 Å². The third-order valence-corrected chi connectivity index (χ3v) is 10.5. The Hall–Kier alpha value is -4.24. The number of hydrogen-bond acceptors (Lipinski definition) is 9. The molecule has 0 spiro atoms. The summed E-state index contributed by atoms with van der Waals surface area (Å²) in [6, 6.07) is 32.3. The highest BCUT2D eigenvalue weighted by molar-refractivity contribution is 9.11. The van der Waals surface area contributed by atoms with Gasteiger partial charge in [0, 0.05) is 113 Å². The van der Waals surface area contributed by atoms with Crippen molar-refractivity contribution in [3.63, 3.8) is 0 Å². The average molecular weight is 934 g/mol. The lowest BCUT2D eigenvalue weighted by molar-refractivity contribution is 1.24. The van der Waals surface area contributed by atoms with Gasteiger partial charge in [0.25, 0.3) is 0 Å². The SMILES string of the molecule is Brc1cnc(Br)c2ccccc12.CN.CNc1ncc(Br)c2ccccc12.CNc1ncc(Sc2ccncc2)c2ccccc12.S=c1cc[nH]cc1. The molecule has 0 saturated heterocycles. The minimum Gasteiger partial charge on any atom is -0.373 e. The molecule has 5 heterocycles. The Morgan fingerprint density at radius 3 is 1.55 bits per heavy atom. The molecule has 0 unspecified atom stereocenters. The summed E-state index contributed by atoms with van der Waals surface area (Å²) in [7, 11) is 5.27. The minimum atomic E-state index is 0.874. The highest BCUT2D eigenvalue weighted by atomic mass is 79.9. The van der Waals surface area contributed by atoms with Gasteiger partial charge in [0.15, 0.2) is 0 Å². The molecule has 0 aliphatic carbocycles. The molecule has 0 saturated carbocycles. The maximum absolute atomic E-state index is 4.79. The molecule has 53 heavy (non-hydrogen) atoms. The molecule has 0 fully saturated rings. The van der Waals surface area contributed by atoms with Crippen molar-refractivity contribution in [3.05, 3.63) is 158 Å². The van der Waals surface area contributed by atoms with Crippen LogP contribution in [0.5, 0.6) is 0 Å². The summed E-state index contributed by atoms with van der Waals surface area (Å²) in [6.07, 6.45) is 12.8. The second kappa shape index (κ2) is 22.1. The number of hydrogen-bond donors (Lipinski definition) is 4. The van der Waals surface area contributed by atoms with E-state index in [0.29, 0.717) is 0 Å². The zero-order valence-electron chi connectivity index (χ0n) is 29.1. The summed E-state index contributed by atoms with van der Waals surface area (Å²) in [5, 5.41) is 13.2. The van der Waals surface area contributed by atoms with Crippen molar-refractivity contribution in [2.45, 2.75) is 9.79 Å². The topological polar surface area (TPSA) is 117 Å². The third-order valence-electron chi connectivity index (χ3n) is 7.24. The van der Waals surface area contributed by atoms with Gasteiger partial charge in [-0.15, -0.1) is 0 Å². The number of pyridine rings is 5. The molecule has 0 aliphatic heterocycles. The van der Waals surface area contributed by atoms with Gasteiger partial charge in [0.1, 0.15) is 16.2 Å². The van der Waals surface area contributed by atoms with Crippen molar-refractivity contribution in [2.75, 3.05) is 31.8 Å². The van der Waals surface area contributed by atoms with Crippen LogP contribution in [0, 0.1) is 4.51 Å². The number of anilines is 2. The summed E-state index contributed by atoms with van der Waals surface area (Å²) in [5.74, 6) is 1.83. The van der Waals surface area contributed by atoms with Gasteiger partial charge in [0.2, 0.25) is 0 Å². The van der Waals surface area contributed by atoms with Gasteiger partial charge in [-0.25, -0.2) is 15.0 Å². The van der Waals surface area contributed by atoms with Crippen LogP contribution >= 0.6 is 71.8 Å². The van der Waals surface area contributed by atoms with Gasteiger partial charge in [-0.1, -0.05) is 96.8 Å². The minimum absolute atomic E-state index is 0.874. The van der Waals surface area contributed by atoms with E-state index in [-0.39, 0.29) is 0 Å². The quantitative estimate of drug-likeness (QED) is 0.101. The van der Waals surface area contributed by atoms with E-state index < -0.39 is 0 Å². The molecule has 0 amide bonds. The largest absolute Gasteiger partial charge is 0.373 e. The standard InChI is InChI=1S/C15H13N3S.C10H9BrN2.C9H5Br2N.C5H5NS.CH5N/c1-16-15-13-5-3-2-4-12(13)14(10-18-15)19-11-6-8-17-9-7-11;1-12-10-8-5-3-2-4-7(8)9(11)6-13-10;10-8-5-12-9(11)7-4-2-1-3-6(7)8;7-5-1-3-6-4-2-5;1-2/h2-10H,1H3,(H,16,18);2-6H,1H3,(H,12,13);1-5H;1-4H,(H,6,7);2H2,1H3. The van der Waals surface area contributed by atoms with Crippen LogP contribution in [0.1, 0.15) is 0 Å². The second-order valence-corrected chi connectivity index (χ2v) is 14.5. The van der Waals surface area contributed by atoms with Crippen LogP contribution in [-0.2, 0) is 0 Å². The molecule has 13 heteroatoms. The van der Waals surface area contributed by atoms with E-state index in [1.54, 1.807) is 30.4 Å². The fraction of sp³-hybridized carbons (Fsp3) is 0.0750. The Labute approximate surface area is 343 Å². The Morgan fingerprint density at radius 2 is 1.04 bits per heavy atom. The maximum atomic E-state index is 4.79. The molecular formula is C40H37Br3N8S2. The van der Waals surface area contributed by atoms with Crippen molar-refractivity contribution in [3.8, 4) is 0 Å². The molecular weight excluding hydrogens is 896 g/mol. The first-order valence-electron chi connectivity index (χ1n) is 16.1. The predicted octanol–water partition coefficient (Wildman–Crippen LogP) is 11.9. The molecule has 8 aromatic rings. The van der Waals surface area contributed by atoms with Gasteiger partial charge in [-0.2, -0.15) is 0 Å². The summed E-state index contributed by atoms with van der Waals surface area (Å²) in [5.41, 5.74) is 4.50. The number of aromatic nitrogens is 5. The molecule has 8 rings (SSSR count). The number of fused-ring (bicyclic) bond motifs is 3. The molecule has 270 valence electrons. The monoisotopic (exact) mass is 930 g/mol. The molecule has 0 atom stereocenters. The van der Waals surface area contributed by atoms with E-state index in [9.17, 15) is 0 Å². The van der Waals surface area contributed by atoms with Crippen LogP contribution in [0.15, 0.2) is 164 Å². The van der Waals surface area contributed by atoms with Crippen molar-refractivity contribution in [1.82, 2.24) is 24.9 Å². The molecule has 3 aromatic carbocycles. The zero-order chi connectivity index (χ0) is 38.0. The number of rotatable bonds is 4. The summed E-state index contributed by atoms with van der Waals surface area (Å²) >= 11 is 16.8. The van der Waals surface area contributed by atoms with E-state index >= 15 is 0 Å². The number of halogens is 3. The van der Waals surface area contributed by atoms with E-state index in [1.165, 1.54) is 28.1 Å². The van der Waals surface area contributed by atoms with E-state index in [4.69, 9.17) is 12.2 Å². The Kier molecular flexibility index (Phi) is 17.3. The molecule has 0 radical (unpaired) electrons. The number of benzene rings is 3. The van der Waals surface area contributed by atoms with Crippen molar-refractivity contribution in [1.29, 1.82) is 0 Å². The van der Waals surface area contributed by atoms with Crippen molar-refractivity contribution >= 4 is 116 Å². The van der Waals surface area contributed by atoms with Crippen LogP contribution < -0.4 is 16.4 Å². The van der Waals surface area contributed by atoms with E-state index in [0.717, 1.165) is 50.7 Å². The van der Waals surface area contributed by atoms with Crippen LogP contribution in [0.25, 0.3) is 32.3 Å². The fourth-order valence-corrected chi connectivity index (χ4v) is 7.22. The van der Waals surface area contributed by atoms with E-state index in [2.05, 4.69) is 125 Å². The van der Waals surface area contributed by atoms with Crippen LogP contribution in [-0.4, -0.2) is 46.1 Å². The summed E-state index contributed by atoms with van der Waals surface area (Å²) in [4.78, 5) is 22.1. The van der Waals surface area contributed by atoms with Crippen LogP contribution in [0.2, 0.25) is 0 Å². The van der Waals surface area contributed by atoms with Crippen molar-refractivity contribution in [2.24, 2.45) is 5.73 Å². The number of nitrogens with one attached hydrogen (secondary N) is 3. The number of aromatic amines is 1. The van der Waals surface area contributed by atoms with Gasteiger partial charge < -0.3 is 21.4 Å². The molecule has 5 N–H and O–H groups in total. The first-order valence-corrected chi connectivity index (χ1v) is 19.7. The maximum Gasteiger partial charge on any atom is 0.133 e. The normalized spacial score (nSPS) is 9.94. The Morgan fingerprint density at radius 1 is 0.585 bits per heavy atom. The first kappa shape index (κ1) is 41.5. The van der Waals surface area contributed by atoms with Gasteiger partial charge in [0.05, 0.1) is 0 Å². The highest BCUT2D eigenvalue weighted by Crippen LogP contribution is 2.35. The van der Waals surface area contributed by atoms with Crippen LogP contribution in [0.3, 0.4) is 0 Å². The lowest BCUT2D eigenvalue weighted by Gasteiger charge is -2.09. The highest BCUT2D eigenvalue weighted by Gasteiger charge is 2.07. The Balaban J connectivity index is 0.000000163. The molecule has 5 aromatic heterocycles. The zero-order valence-corrected chi connectivity index (χ0v) is 35.5. The number of nitrogens with zero attached hydrogens (tertiary/aromatic N) is 4. The lowest BCUT2D eigenvalue weighted by atomic mass is 10.1. The molecule has 8 nitrogen and oxygen atoms in total. The predicted molar refractivity (Wildman–Crippen MR) is 238 cm³/mol. The summed E-state index contributed by atoms with van der Waals surface area (Å²) < 4.78 is 3.82. The number of H-pyrrole nitrogens is 1. The van der Waals surface area contributed by atoms with E-state index in [1.807, 2.05) is 99.5 Å². The molecule has 0 bridgehead atoms.